The van der Waals surface area contributed by atoms with Crippen molar-refractivity contribution in [3.05, 3.63) is 135 Å². The number of H-pyrrole nitrogens is 1. The van der Waals surface area contributed by atoms with Crippen molar-refractivity contribution in [1.29, 1.82) is 0 Å². The molecule has 2 aromatic heterocycles. The zero-order chi connectivity index (χ0) is 38.4. The fourth-order valence-corrected chi connectivity index (χ4v) is 7.02. The lowest BCUT2D eigenvalue weighted by molar-refractivity contribution is -0.142. The predicted molar refractivity (Wildman–Crippen MR) is 204 cm³/mol. The Morgan fingerprint density at radius 3 is 2.15 bits per heavy atom. The number of thioether (sulfide) groups is 1. The van der Waals surface area contributed by atoms with Crippen LogP contribution in [0, 0.1) is 5.82 Å². The molecule has 1 unspecified atom stereocenters. The van der Waals surface area contributed by atoms with Gasteiger partial charge in [-0.3, -0.25) is 19.5 Å². The van der Waals surface area contributed by atoms with E-state index in [-0.39, 0.29) is 60.7 Å². The summed E-state index contributed by atoms with van der Waals surface area (Å²) in [6.45, 7) is 3.98. The summed E-state index contributed by atoms with van der Waals surface area (Å²) in [4.78, 5) is 51.0. The highest BCUT2D eigenvalue weighted by molar-refractivity contribution is 7.98. The number of piperazine rings is 1. The first kappa shape index (κ1) is 41.2. The minimum absolute atomic E-state index is 0. The molecule has 0 radical (unpaired) electrons. The summed E-state index contributed by atoms with van der Waals surface area (Å²) in [5.74, 6) is -0.993. The number of hydrogen-bond donors (Lipinski definition) is 1. The molecule has 1 aliphatic heterocycles. The van der Waals surface area contributed by atoms with Gasteiger partial charge in [0.05, 0.1) is 11.8 Å². The van der Waals surface area contributed by atoms with Crippen LogP contribution in [-0.2, 0) is 34.6 Å². The zero-order valence-corrected chi connectivity index (χ0v) is 31.8. The molecule has 55 heavy (non-hydrogen) atoms. The van der Waals surface area contributed by atoms with E-state index in [9.17, 15) is 31.9 Å². The molecule has 1 N–H and O–H groups in total. The van der Waals surface area contributed by atoms with Gasteiger partial charge in [0, 0.05) is 62.4 Å². The van der Waals surface area contributed by atoms with Crippen LogP contribution in [-0.4, -0.2) is 86.0 Å². The topological polar surface area (TPSA) is 107 Å². The summed E-state index contributed by atoms with van der Waals surface area (Å²) in [6.07, 6.45) is 0.487. The van der Waals surface area contributed by atoms with Gasteiger partial charge in [-0.25, -0.2) is 4.39 Å². The maximum Gasteiger partial charge on any atom is 0.416 e. The first-order chi connectivity index (χ1) is 25.8. The van der Waals surface area contributed by atoms with Crippen LogP contribution in [0.1, 0.15) is 40.7 Å². The fourth-order valence-electron chi connectivity index (χ4n) is 6.10. The number of aromatic nitrogens is 4. The number of alkyl halides is 3. The third-order valence-electron chi connectivity index (χ3n) is 9.47. The lowest BCUT2D eigenvalue weighted by Crippen LogP contribution is -2.51. The molecule has 2 amide bonds. The number of carbonyl (C=O) groups is 2. The van der Waals surface area contributed by atoms with E-state index in [0.717, 1.165) is 23.3 Å². The second-order valence-corrected chi connectivity index (χ2v) is 14.2. The van der Waals surface area contributed by atoms with Gasteiger partial charge >= 0.3 is 6.18 Å². The Labute approximate surface area is 326 Å². The molecule has 5 aromatic rings. The lowest BCUT2D eigenvalue weighted by atomic mass is 9.98. The molecule has 1 aliphatic rings. The van der Waals surface area contributed by atoms with Gasteiger partial charge in [0.1, 0.15) is 18.9 Å². The van der Waals surface area contributed by atoms with Gasteiger partial charge in [-0.1, -0.05) is 67.2 Å². The summed E-state index contributed by atoms with van der Waals surface area (Å²) in [6, 6.07) is 18.0. The highest BCUT2D eigenvalue weighted by Gasteiger charge is 2.30. The van der Waals surface area contributed by atoms with Crippen LogP contribution in [0.2, 0.25) is 0 Å². The average Bonchev–Trinajstić information content (AvgIpc) is 3.71. The maximum atomic E-state index is 14.3. The van der Waals surface area contributed by atoms with E-state index < -0.39 is 17.3 Å². The molecule has 0 bridgehead atoms. The number of rotatable bonds is 12. The third kappa shape index (κ3) is 10.6. The van der Waals surface area contributed by atoms with Crippen LogP contribution in [0.3, 0.4) is 0 Å². The van der Waals surface area contributed by atoms with Gasteiger partial charge in [-0.2, -0.15) is 23.3 Å². The first-order valence-electron chi connectivity index (χ1n) is 17.3. The van der Waals surface area contributed by atoms with Crippen molar-refractivity contribution in [2.24, 2.45) is 0 Å². The van der Waals surface area contributed by atoms with Gasteiger partial charge in [-0.15, -0.1) is 12.4 Å². The normalized spacial score (nSPS) is 14.0. The van der Waals surface area contributed by atoms with Gasteiger partial charge < -0.3 is 19.3 Å². The second-order valence-electron chi connectivity index (χ2n) is 13.3. The van der Waals surface area contributed by atoms with Crippen molar-refractivity contribution in [2.45, 2.75) is 43.0 Å². The molecule has 3 heterocycles. The van der Waals surface area contributed by atoms with Crippen molar-refractivity contribution in [3.63, 3.8) is 0 Å². The van der Waals surface area contributed by atoms with Crippen LogP contribution in [0.25, 0.3) is 11.1 Å². The number of amides is 2. The smallest absolute Gasteiger partial charge is 0.339 e. The molecule has 1 atom stereocenters. The quantitative estimate of drug-likeness (QED) is 0.0878. The van der Waals surface area contributed by atoms with E-state index in [2.05, 4.69) is 20.1 Å². The number of nitrogens with one attached hydrogen (secondary N) is 1. The lowest BCUT2D eigenvalue weighted by Gasteiger charge is -2.34. The molecule has 10 nitrogen and oxygen atoms in total. The van der Waals surface area contributed by atoms with Crippen molar-refractivity contribution in [2.75, 3.05) is 39.8 Å². The summed E-state index contributed by atoms with van der Waals surface area (Å²) in [7, 11) is 1.98. The van der Waals surface area contributed by atoms with E-state index in [1.165, 1.54) is 40.9 Å². The van der Waals surface area contributed by atoms with Crippen LogP contribution < -0.4 is 5.56 Å². The third-order valence-corrected chi connectivity index (χ3v) is 10.5. The number of benzene rings is 3. The molecular formula is C39H40ClF4N7O3S. The Kier molecular flexibility index (Phi) is 13.5. The van der Waals surface area contributed by atoms with E-state index in [1.807, 2.05) is 14.0 Å². The molecule has 1 fully saturated rings. The van der Waals surface area contributed by atoms with Crippen LogP contribution in [0.15, 0.2) is 101 Å². The van der Waals surface area contributed by atoms with E-state index in [1.54, 1.807) is 64.5 Å². The van der Waals surface area contributed by atoms with Crippen molar-refractivity contribution in [3.8, 4) is 11.1 Å². The molecule has 0 aliphatic carbocycles. The highest BCUT2D eigenvalue weighted by Crippen LogP contribution is 2.31. The number of hydrogen-bond acceptors (Lipinski definition) is 7. The Balaban J connectivity index is 0.00000580. The zero-order valence-electron chi connectivity index (χ0n) is 30.1. The second kappa shape index (κ2) is 18.1. The number of halogens is 5. The average molecular weight is 798 g/mol. The first-order valence-corrected chi connectivity index (χ1v) is 18.3. The Morgan fingerprint density at radius 1 is 0.927 bits per heavy atom. The summed E-state index contributed by atoms with van der Waals surface area (Å²) in [5, 5.41) is 7.04. The standard InChI is InChI=1S/C39H39F4N7O3S.ClH/c1-26(31-19-44-45-20-31)34-22-50(38(46-37(34)53)54-25-28-5-13-33(40)14-6-28)24-36(52)49(23-35(51)48-17-15-47(2)16-18-48)21-27-3-7-29(8-4-27)30-9-11-32(12-10-30)39(41,42)43;/h3-14,19-20,22,26H,15-18,21,23-25H2,1-2H3,(H,44,45);1H. The van der Waals surface area contributed by atoms with Gasteiger partial charge in [0.15, 0.2) is 5.16 Å². The minimum atomic E-state index is -4.44. The van der Waals surface area contributed by atoms with Crippen LogP contribution in [0.5, 0.6) is 0 Å². The molecule has 6 rings (SSSR count). The van der Waals surface area contributed by atoms with Gasteiger partial charge in [-0.05, 0) is 59.1 Å². The largest absolute Gasteiger partial charge is 0.416 e. The van der Waals surface area contributed by atoms with E-state index in [4.69, 9.17) is 0 Å². The molecule has 1 saturated heterocycles. The van der Waals surface area contributed by atoms with Crippen molar-refractivity contribution < 1.29 is 27.2 Å². The molecule has 0 spiro atoms. The number of nitrogens with zero attached hydrogens (tertiary/aromatic N) is 6. The highest BCUT2D eigenvalue weighted by atomic mass is 35.5. The Hall–Kier alpha value is -4.99. The maximum absolute atomic E-state index is 14.3. The van der Waals surface area contributed by atoms with Crippen LogP contribution in [0.4, 0.5) is 17.6 Å². The van der Waals surface area contributed by atoms with Crippen molar-refractivity contribution >= 4 is 36.0 Å². The number of likely N-dealkylation sites (N-methyl/N-ethyl adjacent to an activating group) is 1. The molecule has 16 heteroatoms. The van der Waals surface area contributed by atoms with Crippen molar-refractivity contribution in [1.82, 2.24) is 34.4 Å². The summed E-state index contributed by atoms with van der Waals surface area (Å²) in [5.41, 5.74) is 2.73. The number of carbonyl (C=O) groups excluding carboxylic acids is 2. The Morgan fingerprint density at radius 2 is 1.55 bits per heavy atom. The molecule has 290 valence electrons. The van der Waals surface area contributed by atoms with Gasteiger partial charge in [0.25, 0.3) is 5.56 Å². The van der Waals surface area contributed by atoms with Crippen LogP contribution >= 0.6 is 24.2 Å². The number of aromatic amines is 1. The summed E-state index contributed by atoms with van der Waals surface area (Å²) >= 11 is 1.23. The summed E-state index contributed by atoms with van der Waals surface area (Å²) < 4.78 is 54.5. The molecular weight excluding hydrogens is 758 g/mol. The van der Waals surface area contributed by atoms with E-state index >= 15 is 0 Å². The van der Waals surface area contributed by atoms with Gasteiger partial charge in [0.2, 0.25) is 11.8 Å². The van der Waals surface area contributed by atoms with E-state index in [0.29, 0.717) is 54.2 Å². The monoisotopic (exact) mass is 797 g/mol. The minimum Gasteiger partial charge on any atom is -0.339 e. The predicted octanol–water partition coefficient (Wildman–Crippen LogP) is 6.46. The Bertz CT molecular complexity index is 2110. The molecule has 0 saturated carbocycles. The molecule has 3 aromatic carbocycles. The fraction of sp³-hybridized carbons (Fsp3) is 0.308. The SMILES string of the molecule is CC(c1cn[nH]c1)c1cn(CC(=O)N(CC(=O)N2CCN(C)CC2)Cc2ccc(-c3ccc(C(F)(F)F)cc3)cc2)c(SCc2ccc(F)cc2)nc1=O.Cl.